The molecule has 1 saturated heterocycles. The molecule has 4 unspecified atom stereocenters. The van der Waals surface area contributed by atoms with E-state index in [0.717, 1.165) is 0 Å². The first kappa shape index (κ1) is 21.9. The molecule has 9 heteroatoms. The van der Waals surface area contributed by atoms with E-state index >= 15 is 0 Å². The van der Waals surface area contributed by atoms with Gasteiger partial charge in [-0.25, -0.2) is 9.59 Å². The zero-order valence-electron chi connectivity index (χ0n) is 17.2. The molecule has 4 atom stereocenters. The maximum atomic E-state index is 13.2. The van der Waals surface area contributed by atoms with Gasteiger partial charge < -0.3 is 9.47 Å². The lowest BCUT2D eigenvalue weighted by Crippen LogP contribution is -2.56. The molecule has 0 spiro atoms. The molecule has 2 fully saturated rings. The predicted molar refractivity (Wildman–Crippen MR) is 105 cm³/mol. The van der Waals surface area contributed by atoms with Gasteiger partial charge in [-0.1, -0.05) is 36.8 Å². The van der Waals surface area contributed by atoms with Gasteiger partial charge in [0.25, 0.3) is 0 Å². The van der Waals surface area contributed by atoms with Gasteiger partial charge in [0.1, 0.15) is 5.92 Å². The molecule has 1 saturated carbocycles. The number of carbonyl (C=O) groups excluding carboxylic acids is 5. The Morgan fingerprint density at radius 2 is 1.72 bits per heavy atom. The predicted octanol–water partition coefficient (Wildman–Crippen LogP) is 2.44. The number of rotatable bonds is 3. The van der Waals surface area contributed by atoms with Crippen molar-refractivity contribution in [1.29, 1.82) is 0 Å². The van der Waals surface area contributed by atoms with Crippen LogP contribution in [0.15, 0.2) is 42.5 Å². The van der Waals surface area contributed by atoms with Gasteiger partial charge in [-0.3, -0.25) is 19.3 Å². The van der Waals surface area contributed by atoms with Crippen LogP contribution in [0.2, 0.25) is 0 Å². The lowest BCUT2D eigenvalue weighted by atomic mass is 9.75. The maximum Gasteiger partial charge on any atom is 0.373 e. The van der Waals surface area contributed by atoms with Crippen molar-refractivity contribution in [3.63, 3.8) is 0 Å². The summed E-state index contributed by atoms with van der Waals surface area (Å²) in [7, 11) is 0. The second-order valence-corrected chi connectivity index (χ2v) is 8.09. The smallest absolute Gasteiger partial charge is 0.373 e. The van der Waals surface area contributed by atoms with Crippen molar-refractivity contribution in [3.05, 3.63) is 48.0 Å². The molecule has 32 heavy (non-hydrogen) atoms. The normalized spacial score (nSPS) is 30.4. The Bertz CT molecular complexity index is 967. The van der Waals surface area contributed by atoms with Crippen LogP contribution in [0.1, 0.15) is 48.9 Å². The van der Waals surface area contributed by atoms with Crippen molar-refractivity contribution in [2.75, 3.05) is 0 Å². The second kappa shape index (κ2) is 9.04. The minimum atomic E-state index is -2.09. The van der Waals surface area contributed by atoms with Crippen molar-refractivity contribution in [1.82, 2.24) is 0 Å². The van der Waals surface area contributed by atoms with Crippen LogP contribution in [0.3, 0.4) is 0 Å². The average molecular weight is 442 g/mol. The summed E-state index contributed by atoms with van der Waals surface area (Å²) in [5, 5.41) is 0. The fourth-order valence-corrected chi connectivity index (χ4v) is 4.40. The summed E-state index contributed by atoms with van der Waals surface area (Å²) in [6.07, 6.45) is 5.03. The summed E-state index contributed by atoms with van der Waals surface area (Å²) in [6.45, 7) is 0. The number of cyclic esters (lactones) is 4. The van der Waals surface area contributed by atoms with E-state index in [2.05, 4.69) is 0 Å². The number of fused-ring (bicyclic) bond motifs is 2. The van der Waals surface area contributed by atoms with E-state index in [4.69, 9.17) is 19.2 Å². The SMILES string of the molecule is O=C(OOC12CCCCC1C(=O)OC(=O)C1C=CCCC1C(=O)OC2=O)c1ccccc1. The summed E-state index contributed by atoms with van der Waals surface area (Å²) in [6, 6.07) is 7.92. The van der Waals surface area contributed by atoms with Crippen molar-refractivity contribution < 1.29 is 43.2 Å². The van der Waals surface area contributed by atoms with Crippen LogP contribution in [0, 0.1) is 17.8 Å². The molecular formula is C23H22O9. The van der Waals surface area contributed by atoms with Crippen LogP contribution in [0.25, 0.3) is 0 Å². The number of ether oxygens (including phenoxy) is 2. The van der Waals surface area contributed by atoms with Crippen LogP contribution in [0.5, 0.6) is 0 Å². The van der Waals surface area contributed by atoms with Crippen molar-refractivity contribution in [2.45, 2.75) is 44.1 Å². The molecule has 1 aliphatic heterocycles. The summed E-state index contributed by atoms with van der Waals surface area (Å²) in [4.78, 5) is 74.1. The van der Waals surface area contributed by atoms with Crippen molar-refractivity contribution in [3.8, 4) is 0 Å². The molecule has 1 heterocycles. The van der Waals surface area contributed by atoms with Gasteiger partial charge in [-0.15, -0.1) is 0 Å². The number of hydrogen-bond acceptors (Lipinski definition) is 9. The van der Waals surface area contributed by atoms with Crippen LogP contribution in [-0.2, 0) is 38.4 Å². The Kier molecular flexibility index (Phi) is 6.18. The third kappa shape index (κ3) is 4.08. The lowest BCUT2D eigenvalue weighted by molar-refractivity contribution is -0.329. The van der Waals surface area contributed by atoms with E-state index in [9.17, 15) is 24.0 Å². The van der Waals surface area contributed by atoms with E-state index < -0.39 is 53.2 Å². The van der Waals surface area contributed by atoms with Crippen molar-refractivity contribution >= 4 is 29.8 Å². The summed E-state index contributed by atoms with van der Waals surface area (Å²) in [5.41, 5.74) is -1.93. The van der Waals surface area contributed by atoms with Gasteiger partial charge in [-0.2, -0.15) is 4.89 Å². The topological polar surface area (TPSA) is 122 Å². The zero-order chi connectivity index (χ0) is 22.7. The molecular weight excluding hydrogens is 420 g/mol. The van der Waals surface area contributed by atoms with Gasteiger partial charge in [0.05, 0.1) is 17.4 Å². The van der Waals surface area contributed by atoms with Crippen LogP contribution < -0.4 is 0 Å². The lowest BCUT2D eigenvalue weighted by Gasteiger charge is -2.39. The Morgan fingerprint density at radius 1 is 0.938 bits per heavy atom. The van der Waals surface area contributed by atoms with Crippen LogP contribution in [0.4, 0.5) is 0 Å². The molecule has 0 N–H and O–H groups in total. The first-order valence-electron chi connectivity index (χ1n) is 10.6. The highest BCUT2D eigenvalue weighted by Crippen LogP contribution is 2.41. The van der Waals surface area contributed by atoms with E-state index in [1.807, 2.05) is 0 Å². The Labute approximate surface area is 183 Å². The molecule has 2 aliphatic carbocycles. The van der Waals surface area contributed by atoms with E-state index in [1.54, 1.807) is 24.3 Å². The number of carbonyl (C=O) groups is 5. The molecule has 1 aromatic rings. The van der Waals surface area contributed by atoms with Crippen molar-refractivity contribution in [2.24, 2.45) is 17.8 Å². The molecule has 0 aromatic heterocycles. The highest BCUT2D eigenvalue weighted by atomic mass is 17.2. The van der Waals surface area contributed by atoms with Gasteiger partial charge in [-0.05, 0) is 44.2 Å². The molecule has 168 valence electrons. The molecule has 0 amide bonds. The van der Waals surface area contributed by atoms with E-state index in [1.165, 1.54) is 18.2 Å². The molecule has 1 aromatic carbocycles. The third-order valence-electron chi connectivity index (χ3n) is 6.15. The fourth-order valence-electron chi connectivity index (χ4n) is 4.40. The highest BCUT2D eigenvalue weighted by molar-refractivity contribution is 6.00. The third-order valence-corrected chi connectivity index (χ3v) is 6.15. The number of esters is 4. The largest absolute Gasteiger partial charge is 0.392 e. The Hall–Kier alpha value is -3.33. The summed E-state index contributed by atoms with van der Waals surface area (Å²) in [5.74, 6) is -8.05. The minimum Gasteiger partial charge on any atom is -0.392 e. The quantitative estimate of drug-likeness (QED) is 0.228. The van der Waals surface area contributed by atoms with Gasteiger partial charge in [0.2, 0.25) is 5.60 Å². The van der Waals surface area contributed by atoms with Gasteiger partial charge in [0.15, 0.2) is 0 Å². The van der Waals surface area contributed by atoms with E-state index in [0.29, 0.717) is 19.3 Å². The van der Waals surface area contributed by atoms with Crippen LogP contribution in [-0.4, -0.2) is 35.4 Å². The average Bonchev–Trinajstić information content (AvgIpc) is 2.82. The summed E-state index contributed by atoms with van der Waals surface area (Å²) < 4.78 is 10.2. The summed E-state index contributed by atoms with van der Waals surface area (Å²) >= 11 is 0. The molecule has 3 aliphatic rings. The van der Waals surface area contributed by atoms with Gasteiger partial charge in [0, 0.05) is 0 Å². The molecule has 9 nitrogen and oxygen atoms in total. The number of allylic oxidation sites excluding steroid dienone is 1. The standard InChI is InChI=1S/C23H22O9/c24-18(14-8-2-1-3-9-14)31-32-23-13-7-6-12-17(23)21(27)29-19(25)15-10-4-5-11-16(15)20(26)30-22(23)28/h1-4,8-10,15-17H,5-7,11-13H2. The fraction of sp³-hybridized carbons (Fsp3) is 0.435. The first-order valence-corrected chi connectivity index (χ1v) is 10.6. The highest BCUT2D eigenvalue weighted by Gasteiger charge is 2.58. The molecule has 4 rings (SSSR count). The minimum absolute atomic E-state index is 0.0524. The second-order valence-electron chi connectivity index (χ2n) is 8.09. The number of benzene rings is 1. The Morgan fingerprint density at radius 3 is 2.50 bits per heavy atom. The molecule has 0 bridgehead atoms. The first-order chi connectivity index (χ1) is 15.4. The van der Waals surface area contributed by atoms with Crippen LogP contribution >= 0.6 is 0 Å². The number of hydrogen-bond donors (Lipinski definition) is 0. The van der Waals surface area contributed by atoms with E-state index in [-0.39, 0.29) is 24.8 Å². The van der Waals surface area contributed by atoms with Gasteiger partial charge >= 0.3 is 29.8 Å². The monoisotopic (exact) mass is 442 g/mol. The molecule has 0 radical (unpaired) electrons. The maximum absolute atomic E-state index is 13.2. The Balaban J connectivity index is 1.65. The zero-order valence-corrected chi connectivity index (χ0v) is 17.2.